The smallest absolute Gasteiger partial charge is 0.124 e. The zero-order valence-electron chi connectivity index (χ0n) is 13.2. The third-order valence-electron chi connectivity index (χ3n) is 2.93. The van der Waals surface area contributed by atoms with Gasteiger partial charge in [0.25, 0.3) is 0 Å². The predicted octanol–water partition coefficient (Wildman–Crippen LogP) is 5.80. The molecule has 0 N–H and O–H groups in total. The number of hydrogen-bond acceptors (Lipinski definition) is 3. The largest absolute Gasteiger partial charge is 0.496 e. The first-order chi connectivity index (χ1) is 11.0. The lowest BCUT2D eigenvalue weighted by Crippen LogP contribution is -1.93. The van der Waals surface area contributed by atoms with Gasteiger partial charge in [-0.15, -0.1) is 11.6 Å². The van der Waals surface area contributed by atoms with Crippen LogP contribution in [0.2, 0.25) is 0 Å². The normalized spacial score (nSPS) is 9.83. The van der Waals surface area contributed by atoms with Gasteiger partial charge in [-0.3, -0.25) is 0 Å². The van der Waals surface area contributed by atoms with Crippen LogP contribution in [-0.4, -0.2) is 21.3 Å². The molecule has 2 rings (SSSR count). The topological polar surface area (TPSA) is 27.7 Å². The van der Waals surface area contributed by atoms with Crippen molar-refractivity contribution in [1.82, 2.24) is 0 Å². The van der Waals surface area contributed by atoms with E-state index in [-0.39, 0.29) is 0 Å². The standard InChI is InChI=1S/C9H11BrO2.C8H8BrClO/c1-11-6-7-5-8(10)3-4-9(7)12-2;1-11-8-3-2-7(9)4-6(8)5-10/h3-5H,6H2,1-2H3;2-4H,5H2,1H3. The van der Waals surface area contributed by atoms with E-state index < -0.39 is 0 Å². The molecule has 0 unspecified atom stereocenters. The summed E-state index contributed by atoms with van der Waals surface area (Å²) in [5, 5.41) is 0. The minimum absolute atomic E-state index is 0.475. The zero-order chi connectivity index (χ0) is 17.2. The van der Waals surface area contributed by atoms with Gasteiger partial charge in [0.15, 0.2) is 0 Å². The summed E-state index contributed by atoms with van der Waals surface area (Å²) >= 11 is 12.4. The molecule has 0 fully saturated rings. The van der Waals surface area contributed by atoms with Gasteiger partial charge in [-0.1, -0.05) is 31.9 Å². The van der Waals surface area contributed by atoms with Gasteiger partial charge in [-0.05, 0) is 36.4 Å². The molecule has 0 aliphatic heterocycles. The molecule has 0 spiro atoms. The van der Waals surface area contributed by atoms with Crippen molar-refractivity contribution in [3.8, 4) is 11.5 Å². The number of benzene rings is 2. The first-order valence-corrected chi connectivity index (χ1v) is 8.87. The van der Waals surface area contributed by atoms with Crippen LogP contribution in [0, 0.1) is 0 Å². The summed E-state index contributed by atoms with van der Waals surface area (Å²) < 4.78 is 17.3. The van der Waals surface area contributed by atoms with E-state index in [1.807, 2.05) is 36.4 Å². The summed E-state index contributed by atoms with van der Waals surface area (Å²) in [6.45, 7) is 0.572. The Morgan fingerprint density at radius 2 is 1.30 bits per heavy atom. The molecule has 0 amide bonds. The second-order valence-corrected chi connectivity index (χ2v) is 6.58. The molecule has 0 saturated carbocycles. The summed E-state index contributed by atoms with van der Waals surface area (Å²) in [5.74, 6) is 2.17. The van der Waals surface area contributed by atoms with Crippen LogP contribution in [0.15, 0.2) is 45.3 Å². The van der Waals surface area contributed by atoms with Crippen LogP contribution < -0.4 is 9.47 Å². The van der Waals surface area contributed by atoms with Crippen molar-refractivity contribution in [2.45, 2.75) is 12.5 Å². The van der Waals surface area contributed by atoms with E-state index in [2.05, 4.69) is 31.9 Å². The molecule has 126 valence electrons. The Labute approximate surface area is 159 Å². The van der Waals surface area contributed by atoms with E-state index >= 15 is 0 Å². The van der Waals surface area contributed by atoms with Gasteiger partial charge in [0, 0.05) is 27.2 Å². The SMILES string of the molecule is COCc1cc(Br)ccc1OC.COc1ccc(Br)cc1CCl. The molecule has 2 aromatic rings. The van der Waals surface area contributed by atoms with Gasteiger partial charge in [-0.25, -0.2) is 0 Å². The lowest BCUT2D eigenvalue weighted by molar-refractivity contribution is 0.181. The Balaban J connectivity index is 0.000000231. The van der Waals surface area contributed by atoms with Crippen molar-refractivity contribution in [2.24, 2.45) is 0 Å². The average Bonchev–Trinajstić information content (AvgIpc) is 2.56. The van der Waals surface area contributed by atoms with Crippen LogP contribution in [0.1, 0.15) is 11.1 Å². The zero-order valence-corrected chi connectivity index (χ0v) is 17.2. The van der Waals surface area contributed by atoms with Crippen LogP contribution in [0.25, 0.3) is 0 Å². The van der Waals surface area contributed by atoms with Crippen molar-refractivity contribution in [3.63, 3.8) is 0 Å². The van der Waals surface area contributed by atoms with E-state index in [0.29, 0.717) is 12.5 Å². The molecule has 0 atom stereocenters. The lowest BCUT2D eigenvalue weighted by Gasteiger charge is -2.07. The molecule has 0 radical (unpaired) electrons. The van der Waals surface area contributed by atoms with Crippen molar-refractivity contribution in [3.05, 3.63) is 56.5 Å². The van der Waals surface area contributed by atoms with Crippen LogP contribution in [0.3, 0.4) is 0 Å². The molecular formula is C17H19Br2ClO3. The maximum Gasteiger partial charge on any atom is 0.124 e. The van der Waals surface area contributed by atoms with E-state index in [9.17, 15) is 0 Å². The van der Waals surface area contributed by atoms with Gasteiger partial charge in [-0.2, -0.15) is 0 Å². The highest BCUT2D eigenvalue weighted by atomic mass is 79.9. The second-order valence-electron chi connectivity index (χ2n) is 4.48. The molecule has 23 heavy (non-hydrogen) atoms. The summed E-state index contributed by atoms with van der Waals surface area (Å²) in [4.78, 5) is 0. The molecule has 0 aliphatic carbocycles. The fourth-order valence-corrected chi connectivity index (χ4v) is 2.89. The Hall–Kier alpha value is -0.750. The number of rotatable bonds is 5. The number of hydrogen-bond donors (Lipinski definition) is 0. The first-order valence-electron chi connectivity index (χ1n) is 6.75. The first kappa shape index (κ1) is 20.3. The molecule has 0 aliphatic rings. The highest BCUT2D eigenvalue weighted by molar-refractivity contribution is 9.10. The molecule has 2 aromatic carbocycles. The van der Waals surface area contributed by atoms with Crippen LogP contribution in [0.5, 0.6) is 11.5 Å². The van der Waals surface area contributed by atoms with Crippen molar-refractivity contribution in [2.75, 3.05) is 21.3 Å². The Kier molecular flexibility index (Phi) is 9.63. The Morgan fingerprint density at radius 3 is 1.74 bits per heavy atom. The van der Waals surface area contributed by atoms with E-state index in [1.54, 1.807) is 21.3 Å². The molecule has 6 heteroatoms. The molecule has 0 bridgehead atoms. The minimum atomic E-state index is 0.475. The number of halogens is 3. The number of methoxy groups -OCH3 is 3. The van der Waals surface area contributed by atoms with E-state index in [4.69, 9.17) is 25.8 Å². The van der Waals surface area contributed by atoms with Crippen LogP contribution in [0.4, 0.5) is 0 Å². The second kappa shape index (κ2) is 10.9. The van der Waals surface area contributed by atoms with Crippen molar-refractivity contribution >= 4 is 43.5 Å². The molecular weight excluding hydrogens is 447 g/mol. The lowest BCUT2D eigenvalue weighted by atomic mass is 10.2. The molecule has 0 aromatic heterocycles. The predicted molar refractivity (Wildman–Crippen MR) is 102 cm³/mol. The number of ether oxygens (including phenoxy) is 3. The fraction of sp³-hybridized carbons (Fsp3) is 0.294. The number of alkyl halides is 1. The molecule has 0 heterocycles. The Bertz CT molecular complexity index is 621. The van der Waals surface area contributed by atoms with E-state index in [1.165, 1.54) is 0 Å². The minimum Gasteiger partial charge on any atom is -0.496 e. The third-order valence-corrected chi connectivity index (χ3v) is 4.20. The average molecular weight is 467 g/mol. The summed E-state index contributed by atoms with van der Waals surface area (Å²) in [6, 6.07) is 11.6. The highest BCUT2D eigenvalue weighted by Crippen LogP contribution is 2.24. The monoisotopic (exact) mass is 464 g/mol. The summed E-state index contributed by atoms with van der Waals surface area (Å²) in [5.41, 5.74) is 2.05. The van der Waals surface area contributed by atoms with Gasteiger partial charge in [0.05, 0.1) is 26.7 Å². The van der Waals surface area contributed by atoms with E-state index in [0.717, 1.165) is 31.6 Å². The third kappa shape index (κ3) is 6.71. The molecule has 0 saturated heterocycles. The van der Waals surface area contributed by atoms with Crippen LogP contribution in [-0.2, 0) is 17.2 Å². The maximum absolute atomic E-state index is 5.68. The van der Waals surface area contributed by atoms with Gasteiger partial charge >= 0.3 is 0 Å². The van der Waals surface area contributed by atoms with Crippen molar-refractivity contribution < 1.29 is 14.2 Å². The summed E-state index contributed by atoms with van der Waals surface area (Å²) in [6.07, 6.45) is 0. The van der Waals surface area contributed by atoms with Gasteiger partial charge in [0.2, 0.25) is 0 Å². The molecule has 3 nitrogen and oxygen atoms in total. The van der Waals surface area contributed by atoms with Crippen molar-refractivity contribution in [1.29, 1.82) is 0 Å². The maximum atomic E-state index is 5.68. The van der Waals surface area contributed by atoms with Gasteiger partial charge in [0.1, 0.15) is 11.5 Å². The Morgan fingerprint density at radius 1 is 0.826 bits per heavy atom. The van der Waals surface area contributed by atoms with Crippen LogP contribution >= 0.6 is 43.5 Å². The fourth-order valence-electron chi connectivity index (χ4n) is 1.87. The highest BCUT2D eigenvalue weighted by Gasteiger charge is 2.02. The summed E-state index contributed by atoms with van der Waals surface area (Å²) in [7, 11) is 4.96. The van der Waals surface area contributed by atoms with Gasteiger partial charge < -0.3 is 14.2 Å². The quantitative estimate of drug-likeness (QED) is 0.521.